The zero-order valence-electron chi connectivity index (χ0n) is 13.2. The Morgan fingerprint density at radius 2 is 2.09 bits per heavy atom. The van der Waals surface area contributed by atoms with Gasteiger partial charge in [-0.2, -0.15) is 0 Å². The lowest BCUT2D eigenvalue weighted by atomic mass is 9.92. The van der Waals surface area contributed by atoms with Crippen molar-refractivity contribution >= 4 is 11.9 Å². The van der Waals surface area contributed by atoms with Gasteiger partial charge in [-0.25, -0.2) is 4.39 Å². The maximum absolute atomic E-state index is 13.3. The molecule has 0 radical (unpaired) electrons. The number of amides is 1. The van der Waals surface area contributed by atoms with Crippen LogP contribution in [0.2, 0.25) is 0 Å². The third kappa shape index (κ3) is 3.54. The van der Waals surface area contributed by atoms with Crippen molar-refractivity contribution in [2.75, 3.05) is 13.1 Å². The van der Waals surface area contributed by atoms with Crippen molar-refractivity contribution in [2.24, 2.45) is 17.8 Å². The van der Waals surface area contributed by atoms with Gasteiger partial charge in [0.15, 0.2) is 0 Å². The molecule has 1 aromatic carbocycles. The highest BCUT2D eigenvalue weighted by Crippen LogP contribution is 2.44. The highest BCUT2D eigenvalue weighted by atomic mass is 19.1. The number of hydrogen-bond donors (Lipinski definition) is 1. The second-order valence-corrected chi connectivity index (χ2v) is 6.90. The summed E-state index contributed by atoms with van der Waals surface area (Å²) >= 11 is 0. The number of carbonyl (C=O) groups is 2. The van der Waals surface area contributed by atoms with Crippen LogP contribution in [-0.4, -0.2) is 35.0 Å². The van der Waals surface area contributed by atoms with Crippen LogP contribution in [0.1, 0.15) is 37.7 Å². The van der Waals surface area contributed by atoms with E-state index in [1.807, 2.05) is 13.0 Å². The zero-order chi connectivity index (χ0) is 16.6. The minimum atomic E-state index is -0.796. The molecule has 0 bridgehead atoms. The van der Waals surface area contributed by atoms with Gasteiger partial charge in [-0.3, -0.25) is 9.59 Å². The third-order valence-corrected chi connectivity index (χ3v) is 5.16. The van der Waals surface area contributed by atoms with Crippen molar-refractivity contribution < 1.29 is 19.1 Å². The summed E-state index contributed by atoms with van der Waals surface area (Å²) in [6, 6.07) is 6.30. The van der Waals surface area contributed by atoms with Crippen molar-refractivity contribution in [3.8, 4) is 0 Å². The lowest BCUT2D eigenvalue weighted by Gasteiger charge is -2.19. The maximum atomic E-state index is 13.3. The predicted octanol–water partition coefficient (Wildman–Crippen LogP) is 2.89. The topological polar surface area (TPSA) is 57.6 Å². The van der Waals surface area contributed by atoms with E-state index in [1.54, 1.807) is 11.0 Å². The van der Waals surface area contributed by atoms with E-state index >= 15 is 0 Å². The Morgan fingerprint density at radius 1 is 1.35 bits per heavy atom. The molecule has 5 heteroatoms. The molecule has 1 heterocycles. The fourth-order valence-electron chi connectivity index (χ4n) is 3.62. The molecule has 1 aliphatic carbocycles. The van der Waals surface area contributed by atoms with E-state index in [0.29, 0.717) is 19.0 Å². The normalized spacial score (nSPS) is 25.4. The first-order chi connectivity index (χ1) is 11.0. The first-order valence-electron chi connectivity index (χ1n) is 8.21. The van der Waals surface area contributed by atoms with E-state index in [0.717, 1.165) is 18.4 Å². The van der Waals surface area contributed by atoms with Crippen molar-refractivity contribution in [1.82, 2.24) is 4.90 Å². The minimum absolute atomic E-state index is 0.0313. The fourth-order valence-corrected chi connectivity index (χ4v) is 3.62. The van der Waals surface area contributed by atoms with Crippen LogP contribution < -0.4 is 0 Å². The molecule has 1 unspecified atom stereocenters. The van der Waals surface area contributed by atoms with Gasteiger partial charge in [-0.1, -0.05) is 19.1 Å². The van der Waals surface area contributed by atoms with Gasteiger partial charge in [-0.15, -0.1) is 0 Å². The predicted molar refractivity (Wildman–Crippen MR) is 83.4 cm³/mol. The van der Waals surface area contributed by atoms with Crippen molar-refractivity contribution in [3.63, 3.8) is 0 Å². The fraction of sp³-hybridized carbons (Fsp3) is 0.556. The average Bonchev–Trinajstić information content (AvgIpc) is 3.25. The maximum Gasteiger partial charge on any atom is 0.308 e. The largest absolute Gasteiger partial charge is 0.481 e. The van der Waals surface area contributed by atoms with E-state index in [2.05, 4.69) is 0 Å². The molecule has 0 aromatic heterocycles. The number of likely N-dealkylation sites (tertiary alicyclic amines) is 1. The Labute approximate surface area is 135 Å². The SMILES string of the molecule is CC(CC(=O)N1C[C@H](C(=O)O)[C@@H](C2CC2)C1)c1cccc(F)c1. The Hall–Kier alpha value is -1.91. The number of benzene rings is 1. The Kier molecular flexibility index (Phi) is 4.37. The Balaban J connectivity index is 1.63. The summed E-state index contributed by atoms with van der Waals surface area (Å²) in [5, 5.41) is 9.37. The number of aliphatic carboxylic acids is 1. The molecular formula is C18H22FNO3. The van der Waals surface area contributed by atoms with Crippen LogP contribution in [0.5, 0.6) is 0 Å². The molecule has 1 saturated carbocycles. The van der Waals surface area contributed by atoms with Gasteiger partial charge in [0.1, 0.15) is 5.82 Å². The van der Waals surface area contributed by atoms with Crippen LogP contribution in [-0.2, 0) is 9.59 Å². The number of hydrogen-bond acceptors (Lipinski definition) is 2. The molecule has 1 aromatic rings. The number of carboxylic acids is 1. The highest BCUT2D eigenvalue weighted by molar-refractivity contribution is 5.79. The molecule has 124 valence electrons. The standard InChI is InChI=1S/C18H22FNO3/c1-11(13-3-2-4-14(19)8-13)7-17(21)20-9-15(12-5-6-12)16(10-20)18(22)23/h2-4,8,11-12,15-16H,5-7,9-10H2,1H3,(H,22,23)/t11?,15-,16+/m1/s1. The number of nitrogens with zero attached hydrogens (tertiary/aromatic N) is 1. The molecular weight excluding hydrogens is 297 g/mol. The molecule has 4 nitrogen and oxygen atoms in total. The number of rotatable bonds is 5. The molecule has 23 heavy (non-hydrogen) atoms. The smallest absolute Gasteiger partial charge is 0.308 e. The van der Waals surface area contributed by atoms with Crippen LogP contribution in [0.25, 0.3) is 0 Å². The van der Waals surface area contributed by atoms with Gasteiger partial charge in [-0.05, 0) is 48.3 Å². The van der Waals surface area contributed by atoms with Gasteiger partial charge >= 0.3 is 5.97 Å². The van der Waals surface area contributed by atoms with Crippen LogP contribution >= 0.6 is 0 Å². The summed E-state index contributed by atoms with van der Waals surface area (Å²) in [5.41, 5.74) is 0.797. The van der Waals surface area contributed by atoms with Crippen molar-refractivity contribution in [3.05, 3.63) is 35.6 Å². The Bertz CT molecular complexity index is 614. The van der Waals surface area contributed by atoms with E-state index in [9.17, 15) is 19.1 Å². The van der Waals surface area contributed by atoms with E-state index in [4.69, 9.17) is 0 Å². The third-order valence-electron chi connectivity index (χ3n) is 5.16. The van der Waals surface area contributed by atoms with Gasteiger partial charge in [0, 0.05) is 19.5 Å². The molecule has 1 amide bonds. The average molecular weight is 319 g/mol. The number of halogens is 1. The lowest BCUT2D eigenvalue weighted by molar-refractivity contribution is -0.142. The molecule has 2 fully saturated rings. The van der Waals surface area contributed by atoms with Crippen LogP contribution in [0.15, 0.2) is 24.3 Å². The summed E-state index contributed by atoms with van der Waals surface area (Å²) in [6.07, 6.45) is 2.44. The molecule has 3 atom stereocenters. The van der Waals surface area contributed by atoms with Crippen LogP contribution in [0, 0.1) is 23.6 Å². The molecule has 1 saturated heterocycles. The Morgan fingerprint density at radius 3 is 2.70 bits per heavy atom. The quantitative estimate of drug-likeness (QED) is 0.908. The van der Waals surface area contributed by atoms with Gasteiger partial charge in [0.2, 0.25) is 5.91 Å². The summed E-state index contributed by atoms with van der Waals surface area (Å²) in [5.74, 6) is -1.08. The lowest BCUT2D eigenvalue weighted by Crippen LogP contribution is -2.30. The molecule has 3 rings (SSSR count). The van der Waals surface area contributed by atoms with Crippen LogP contribution in [0.4, 0.5) is 4.39 Å². The molecule has 1 aliphatic heterocycles. The molecule has 1 N–H and O–H groups in total. The first-order valence-corrected chi connectivity index (χ1v) is 8.21. The van der Waals surface area contributed by atoms with Crippen molar-refractivity contribution in [2.45, 2.75) is 32.1 Å². The second-order valence-electron chi connectivity index (χ2n) is 6.90. The van der Waals surface area contributed by atoms with E-state index < -0.39 is 11.9 Å². The van der Waals surface area contributed by atoms with E-state index in [-0.39, 0.29) is 30.0 Å². The van der Waals surface area contributed by atoms with E-state index in [1.165, 1.54) is 12.1 Å². The first kappa shape index (κ1) is 16.0. The highest BCUT2D eigenvalue weighted by Gasteiger charge is 2.46. The zero-order valence-corrected chi connectivity index (χ0v) is 13.2. The van der Waals surface area contributed by atoms with Gasteiger partial charge in [0.25, 0.3) is 0 Å². The summed E-state index contributed by atoms with van der Waals surface area (Å²) < 4.78 is 13.3. The summed E-state index contributed by atoms with van der Waals surface area (Å²) in [6.45, 7) is 2.76. The minimum Gasteiger partial charge on any atom is -0.481 e. The summed E-state index contributed by atoms with van der Waals surface area (Å²) in [4.78, 5) is 25.6. The molecule has 0 spiro atoms. The number of carbonyl (C=O) groups excluding carboxylic acids is 1. The monoisotopic (exact) mass is 319 g/mol. The van der Waals surface area contributed by atoms with Crippen molar-refractivity contribution in [1.29, 1.82) is 0 Å². The van der Waals surface area contributed by atoms with Crippen LogP contribution in [0.3, 0.4) is 0 Å². The van der Waals surface area contributed by atoms with Gasteiger partial charge < -0.3 is 10.0 Å². The number of carboxylic acid groups (broad SMARTS) is 1. The second kappa shape index (κ2) is 6.30. The van der Waals surface area contributed by atoms with Gasteiger partial charge in [0.05, 0.1) is 5.92 Å². The summed E-state index contributed by atoms with van der Waals surface area (Å²) in [7, 11) is 0. The molecule has 2 aliphatic rings.